The number of sulfonamides is 1. The van der Waals surface area contributed by atoms with E-state index in [4.69, 9.17) is 34.8 Å². The smallest absolute Gasteiger partial charge is 0.244 e. The van der Waals surface area contributed by atoms with E-state index in [-0.39, 0.29) is 35.6 Å². The molecule has 1 saturated carbocycles. The zero-order chi connectivity index (χ0) is 30.3. The van der Waals surface area contributed by atoms with Crippen LogP contribution >= 0.6 is 34.8 Å². The molecule has 11 heteroatoms. The molecule has 7 nitrogen and oxygen atoms in total. The van der Waals surface area contributed by atoms with E-state index in [2.05, 4.69) is 5.32 Å². The van der Waals surface area contributed by atoms with Gasteiger partial charge in [0.2, 0.25) is 21.8 Å². The summed E-state index contributed by atoms with van der Waals surface area (Å²) in [5.74, 6) is -0.915. The van der Waals surface area contributed by atoms with E-state index in [0.717, 1.165) is 48.2 Å². The van der Waals surface area contributed by atoms with Gasteiger partial charge < -0.3 is 10.2 Å². The summed E-state index contributed by atoms with van der Waals surface area (Å²) >= 11 is 19.4. The Morgan fingerprint density at radius 1 is 0.857 bits per heavy atom. The highest BCUT2D eigenvalue weighted by atomic mass is 35.5. The third kappa shape index (κ3) is 8.40. The molecule has 0 heterocycles. The van der Waals surface area contributed by atoms with Crippen molar-refractivity contribution in [2.24, 2.45) is 0 Å². The molecule has 3 aromatic rings. The number of amides is 2. The molecule has 0 saturated heterocycles. The highest BCUT2D eigenvalue weighted by Gasteiger charge is 2.35. The molecule has 0 radical (unpaired) electrons. The van der Waals surface area contributed by atoms with Crippen molar-refractivity contribution in [1.29, 1.82) is 0 Å². The highest BCUT2D eigenvalue weighted by molar-refractivity contribution is 7.92. The SMILES string of the molecule is CS(=O)(=O)N(CC(=O)N(Cc1c(Cl)cccc1Cl)C(Cc1ccccc1)C(=O)NC1CCCCC1)c1ccccc1Cl. The van der Waals surface area contributed by atoms with Crippen molar-refractivity contribution in [1.82, 2.24) is 10.2 Å². The van der Waals surface area contributed by atoms with Crippen LogP contribution in [0.15, 0.2) is 72.8 Å². The van der Waals surface area contributed by atoms with Crippen LogP contribution in [0.4, 0.5) is 5.69 Å². The summed E-state index contributed by atoms with van der Waals surface area (Å²) in [7, 11) is -3.94. The first-order chi connectivity index (χ1) is 20.0. The van der Waals surface area contributed by atoms with Crippen LogP contribution in [0.5, 0.6) is 0 Å². The minimum atomic E-state index is -3.94. The van der Waals surface area contributed by atoms with Crippen molar-refractivity contribution in [3.8, 4) is 0 Å². The predicted molar refractivity (Wildman–Crippen MR) is 170 cm³/mol. The summed E-state index contributed by atoms with van der Waals surface area (Å²) in [5.41, 5.74) is 1.47. The third-order valence-electron chi connectivity index (χ3n) is 7.41. The van der Waals surface area contributed by atoms with Gasteiger partial charge >= 0.3 is 0 Å². The van der Waals surface area contributed by atoms with E-state index in [1.807, 2.05) is 30.3 Å². The maximum Gasteiger partial charge on any atom is 0.244 e. The summed E-state index contributed by atoms with van der Waals surface area (Å²) in [6.07, 6.45) is 6.11. The molecular weight excluding hydrogens is 617 g/mol. The van der Waals surface area contributed by atoms with Crippen LogP contribution in [-0.4, -0.2) is 50.0 Å². The lowest BCUT2D eigenvalue weighted by molar-refractivity contribution is -0.140. The number of nitrogens with zero attached hydrogens (tertiary/aromatic N) is 2. The summed E-state index contributed by atoms with van der Waals surface area (Å²) in [6.45, 7) is -0.681. The third-order valence-corrected chi connectivity index (χ3v) is 9.57. The van der Waals surface area contributed by atoms with Crippen LogP contribution in [0.2, 0.25) is 15.1 Å². The largest absolute Gasteiger partial charge is 0.352 e. The quantitative estimate of drug-likeness (QED) is 0.257. The van der Waals surface area contributed by atoms with Crippen molar-refractivity contribution in [3.63, 3.8) is 0 Å². The maximum atomic E-state index is 14.3. The van der Waals surface area contributed by atoms with E-state index < -0.39 is 28.5 Å². The highest BCUT2D eigenvalue weighted by Crippen LogP contribution is 2.30. The Kier molecular flexibility index (Phi) is 11.2. The van der Waals surface area contributed by atoms with Gasteiger partial charge in [-0.05, 0) is 42.7 Å². The van der Waals surface area contributed by atoms with Crippen LogP contribution in [0.25, 0.3) is 0 Å². The minimum absolute atomic E-state index is 0.000944. The zero-order valence-electron chi connectivity index (χ0n) is 23.3. The van der Waals surface area contributed by atoms with E-state index in [1.54, 1.807) is 36.4 Å². The fraction of sp³-hybridized carbons (Fsp3) is 0.355. The Labute approximate surface area is 262 Å². The van der Waals surface area contributed by atoms with Crippen molar-refractivity contribution < 1.29 is 18.0 Å². The lowest BCUT2D eigenvalue weighted by Gasteiger charge is -2.35. The number of carbonyl (C=O) groups is 2. The van der Waals surface area contributed by atoms with Crippen LogP contribution in [0, 0.1) is 0 Å². The molecule has 0 aliphatic heterocycles. The minimum Gasteiger partial charge on any atom is -0.352 e. The lowest BCUT2D eigenvalue weighted by Crippen LogP contribution is -2.55. The Morgan fingerprint density at radius 3 is 2.07 bits per heavy atom. The summed E-state index contributed by atoms with van der Waals surface area (Å²) in [6, 6.07) is 19.8. The number of hydrogen-bond acceptors (Lipinski definition) is 4. The van der Waals surface area contributed by atoms with Crippen LogP contribution in [0.1, 0.15) is 43.2 Å². The summed E-state index contributed by atoms with van der Waals surface area (Å²) in [5, 5.41) is 4.00. The monoisotopic (exact) mass is 649 g/mol. The molecule has 1 N–H and O–H groups in total. The van der Waals surface area contributed by atoms with Crippen LogP contribution < -0.4 is 9.62 Å². The van der Waals surface area contributed by atoms with Gasteiger partial charge in [-0.2, -0.15) is 0 Å². The van der Waals surface area contributed by atoms with E-state index in [0.29, 0.717) is 15.6 Å². The van der Waals surface area contributed by atoms with Crippen LogP contribution in [0.3, 0.4) is 0 Å². The Morgan fingerprint density at radius 2 is 1.45 bits per heavy atom. The van der Waals surface area contributed by atoms with Gasteiger partial charge in [-0.25, -0.2) is 8.42 Å². The van der Waals surface area contributed by atoms with Gasteiger partial charge in [0.05, 0.1) is 17.0 Å². The van der Waals surface area contributed by atoms with E-state index in [9.17, 15) is 18.0 Å². The summed E-state index contributed by atoms with van der Waals surface area (Å²) < 4.78 is 26.8. The molecule has 4 rings (SSSR count). The number of hydrogen-bond donors (Lipinski definition) is 1. The first-order valence-corrected chi connectivity index (χ1v) is 16.8. The molecule has 1 aliphatic rings. The normalized spacial score (nSPS) is 14.7. The first kappa shape index (κ1) is 32.1. The molecule has 1 fully saturated rings. The zero-order valence-corrected chi connectivity index (χ0v) is 26.4. The molecule has 0 bridgehead atoms. The van der Waals surface area contributed by atoms with Gasteiger partial charge in [0, 0.05) is 34.6 Å². The topological polar surface area (TPSA) is 86.8 Å². The maximum absolute atomic E-state index is 14.3. The molecule has 3 aromatic carbocycles. The van der Waals surface area contributed by atoms with Gasteiger partial charge in [-0.1, -0.05) is 103 Å². The van der Waals surface area contributed by atoms with Crippen molar-refractivity contribution in [2.45, 2.75) is 57.2 Å². The Hall–Kier alpha value is -2.78. The Balaban J connectivity index is 1.76. The standard InChI is InChI=1S/C31H34Cl3N3O4S/c1-42(40,41)37(28-18-9-8-15-27(28)34)21-30(38)36(20-24-25(32)16-10-17-26(24)33)29(19-22-11-4-2-5-12-22)31(39)35-23-13-6-3-7-14-23/h2,4-5,8-12,15-18,23,29H,3,6-7,13-14,19-21H2,1H3,(H,35,39). The van der Waals surface area contributed by atoms with Gasteiger partial charge in [0.25, 0.3) is 0 Å². The van der Waals surface area contributed by atoms with E-state index >= 15 is 0 Å². The average molecular weight is 651 g/mol. The second-order valence-corrected chi connectivity index (χ2v) is 13.6. The number of para-hydroxylation sites is 1. The lowest BCUT2D eigenvalue weighted by atomic mass is 9.94. The van der Waals surface area contributed by atoms with Crippen LogP contribution in [-0.2, 0) is 32.6 Å². The molecule has 1 unspecified atom stereocenters. The molecule has 224 valence electrons. The van der Waals surface area contributed by atoms with Gasteiger partial charge in [0.15, 0.2) is 0 Å². The van der Waals surface area contributed by atoms with Gasteiger partial charge in [0.1, 0.15) is 12.6 Å². The van der Waals surface area contributed by atoms with Crippen molar-refractivity contribution >= 4 is 62.3 Å². The van der Waals surface area contributed by atoms with Crippen molar-refractivity contribution in [3.05, 3.63) is 99.0 Å². The number of halogens is 3. The predicted octanol–water partition coefficient (Wildman–Crippen LogP) is 6.50. The number of benzene rings is 3. The fourth-order valence-electron chi connectivity index (χ4n) is 5.20. The second kappa shape index (κ2) is 14.6. The number of anilines is 1. The van der Waals surface area contributed by atoms with Crippen molar-refractivity contribution in [2.75, 3.05) is 17.1 Å². The van der Waals surface area contributed by atoms with Gasteiger partial charge in [-0.3, -0.25) is 13.9 Å². The molecule has 42 heavy (non-hydrogen) atoms. The Bertz CT molecular complexity index is 1480. The average Bonchev–Trinajstić information content (AvgIpc) is 2.96. The fourth-order valence-corrected chi connectivity index (χ4v) is 6.87. The number of rotatable bonds is 11. The molecule has 1 atom stereocenters. The molecule has 0 spiro atoms. The van der Waals surface area contributed by atoms with E-state index in [1.165, 1.54) is 11.0 Å². The molecule has 2 amide bonds. The molecule has 1 aliphatic carbocycles. The molecular formula is C31H34Cl3N3O4S. The second-order valence-electron chi connectivity index (χ2n) is 10.5. The van der Waals surface area contributed by atoms with Gasteiger partial charge in [-0.15, -0.1) is 0 Å². The molecule has 0 aromatic heterocycles. The number of nitrogens with one attached hydrogen (secondary N) is 1. The summed E-state index contributed by atoms with van der Waals surface area (Å²) in [4.78, 5) is 29.6. The number of carbonyl (C=O) groups excluding carboxylic acids is 2. The first-order valence-electron chi connectivity index (χ1n) is 13.8.